The van der Waals surface area contributed by atoms with Crippen LogP contribution in [0.3, 0.4) is 0 Å². The van der Waals surface area contributed by atoms with Crippen molar-refractivity contribution in [3.63, 3.8) is 0 Å². The molecule has 2 aromatic rings. The number of rotatable bonds is 6. The van der Waals surface area contributed by atoms with Gasteiger partial charge < -0.3 is 14.4 Å². The predicted molar refractivity (Wildman–Crippen MR) is 106 cm³/mol. The van der Waals surface area contributed by atoms with Gasteiger partial charge in [0.05, 0.1) is 4.90 Å². The maximum absolute atomic E-state index is 13.3. The Kier molecular flexibility index (Phi) is 6.67. The molecule has 32 heavy (non-hydrogen) atoms. The molecule has 1 aliphatic rings. The molecule has 0 spiro atoms. The molecule has 1 amide bonds. The fourth-order valence-electron chi connectivity index (χ4n) is 3.46. The number of ether oxygens (including phenoxy) is 2. The van der Waals surface area contributed by atoms with Crippen LogP contribution in [0.2, 0.25) is 0 Å². The van der Waals surface area contributed by atoms with Crippen molar-refractivity contribution in [2.24, 2.45) is 0 Å². The van der Waals surface area contributed by atoms with Crippen molar-refractivity contribution in [1.29, 1.82) is 0 Å². The van der Waals surface area contributed by atoms with Crippen LogP contribution in [0.15, 0.2) is 53.4 Å². The van der Waals surface area contributed by atoms with Crippen LogP contribution >= 0.6 is 0 Å². The number of likely N-dealkylation sites (tertiary alicyclic amines) is 1. The molecule has 0 radical (unpaired) electrons. The van der Waals surface area contributed by atoms with Gasteiger partial charge in [0.1, 0.15) is 17.2 Å². The molecule has 1 fully saturated rings. The number of alkyl halides is 3. The van der Waals surface area contributed by atoms with E-state index >= 15 is 0 Å². The lowest BCUT2D eigenvalue weighted by Crippen LogP contribution is -2.57. The minimum Gasteiger partial charge on any atom is -0.457 e. The largest absolute Gasteiger partial charge is 0.573 e. The number of carbonyl (C=O) groups excluding carboxylic acids is 1. The Balaban J connectivity index is 1.79. The van der Waals surface area contributed by atoms with Gasteiger partial charge in [0, 0.05) is 0 Å². The van der Waals surface area contributed by atoms with Gasteiger partial charge in [0.2, 0.25) is 0 Å². The second-order valence-electron chi connectivity index (χ2n) is 7.33. The number of sulfone groups is 1. The third-order valence-corrected chi connectivity index (χ3v) is 7.77. The molecule has 12 heteroatoms. The summed E-state index contributed by atoms with van der Waals surface area (Å²) in [7, 11) is -2.34. The number of halogens is 3. The zero-order chi connectivity index (χ0) is 23.6. The molecule has 2 N–H and O–H groups in total. The summed E-state index contributed by atoms with van der Waals surface area (Å²) in [6, 6.07) is 9.99. The highest BCUT2D eigenvalue weighted by molar-refractivity contribution is 7.93. The lowest BCUT2D eigenvalue weighted by atomic mass is 9.95. The molecule has 3 rings (SSSR count). The summed E-state index contributed by atoms with van der Waals surface area (Å²) in [5.41, 5.74) is 1.49. The topological polar surface area (TPSA) is 105 Å². The second kappa shape index (κ2) is 8.96. The van der Waals surface area contributed by atoms with E-state index in [1.807, 2.05) is 4.90 Å². The van der Waals surface area contributed by atoms with Crippen LogP contribution in [0.5, 0.6) is 17.2 Å². The van der Waals surface area contributed by atoms with Crippen LogP contribution in [0, 0.1) is 0 Å². The Morgan fingerprint density at radius 3 is 1.94 bits per heavy atom. The first-order chi connectivity index (χ1) is 15.0. The van der Waals surface area contributed by atoms with E-state index in [1.165, 1.54) is 41.9 Å². The summed E-state index contributed by atoms with van der Waals surface area (Å²) in [6.45, 7) is 0.726. The first kappa shape index (κ1) is 23.8. The molecule has 0 unspecified atom stereocenters. The molecule has 2 aromatic carbocycles. The van der Waals surface area contributed by atoms with E-state index < -0.39 is 32.6 Å². The standard InChI is InChI=1S/C20H21F3N2O6S/c1-25-12-10-19(11-13-25,18(26)24-27)32(28,29)17-8-6-15(7-9-17)30-14-2-4-16(5-3-14)31-20(21,22)23/h2-9,27H,10-13H2,1H3,(H,24,26). The monoisotopic (exact) mass is 474 g/mol. The van der Waals surface area contributed by atoms with Crippen LogP contribution < -0.4 is 15.0 Å². The Labute approximate surface area is 182 Å². The summed E-state index contributed by atoms with van der Waals surface area (Å²) in [5.74, 6) is -0.942. The van der Waals surface area contributed by atoms with Crippen molar-refractivity contribution in [3.8, 4) is 17.2 Å². The van der Waals surface area contributed by atoms with Gasteiger partial charge in [-0.05, 0) is 81.5 Å². The molecule has 8 nitrogen and oxygen atoms in total. The number of benzene rings is 2. The number of hydrogen-bond donors (Lipinski definition) is 2. The van der Waals surface area contributed by atoms with Gasteiger partial charge in [-0.15, -0.1) is 13.2 Å². The molecular formula is C20H21F3N2O6S. The lowest BCUT2D eigenvalue weighted by molar-refractivity contribution is -0.274. The first-order valence-electron chi connectivity index (χ1n) is 9.48. The summed E-state index contributed by atoms with van der Waals surface area (Å²) < 4.78 is 70.8. The van der Waals surface area contributed by atoms with Crippen molar-refractivity contribution in [3.05, 3.63) is 48.5 Å². The Bertz CT molecular complexity index is 1050. The van der Waals surface area contributed by atoms with Gasteiger partial charge in [-0.25, -0.2) is 13.9 Å². The van der Waals surface area contributed by atoms with Crippen molar-refractivity contribution in [1.82, 2.24) is 10.4 Å². The predicted octanol–water partition coefficient (Wildman–Crippen LogP) is 3.12. The van der Waals surface area contributed by atoms with Gasteiger partial charge in [-0.1, -0.05) is 0 Å². The number of carbonyl (C=O) groups is 1. The number of hydroxylamine groups is 1. The SMILES string of the molecule is CN1CCC(C(=O)NO)(S(=O)(=O)c2ccc(Oc3ccc(OC(F)(F)F)cc3)cc2)CC1. The van der Waals surface area contributed by atoms with Gasteiger partial charge in [0.25, 0.3) is 5.91 Å². The normalized spacial score (nSPS) is 16.9. The second-order valence-corrected chi connectivity index (χ2v) is 9.59. The first-order valence-corrected chi connectivity index (χ1v) is 11.0. The Morgan fingerprint density at radius 2 is 1.47 bits per heavy atom. The van der Waals surface area contributed by atoms with Gasteiger partial charge >= 0.3 is 6.36 Å². The van der Waals surface area contributed by atoms with Crippen molar-refractivity contribution in [2.75, 3.05) is 20.1 Å². The van der Waals surface area contributed by atoms with Gasteiger partial charge in [0.15, 0.2) is 14.6 Å². The highest BCUT2D eigenvalue weighted by atomic mass is 32.2. The van der Waals surface area contributed by atoms with Gasteiger partial charge in [-0.2, -0.15) is 0 Å². The summed E-state index contributed by atoms with van der Waals surface area (Å²) in [5, 5.41) is 9.15. The van der Waals surface area contributed by atoms with E-state index in [2.05, 4.69) is 4.74 Å². The number of hydrogen-bond acceptors (Lipinski definition) is 7. The average molecular weight is 474 g/mol. The van der Waals surface area contributed by atoms with E-state index in [0.717, 1.165) is 12.1 Å². The maximum Gasteiger partial charge on any atom is 0.573 e. The number of piperidine rings is 1. The molecule has 0 bridgehead atoms. The van der Waals surface area contributed by atoms with Crippen molar-refractivity contribution >= 4 is 15.7 Å². The minimum absolute atomic E-state index is 0.0167. The fourth-order valence-corrected chi connectivity index (χ4v) is 5.41. The zero-order valence-electron chi connectivity index (χ0n) is 16.9. The zero-order valence-corrected chi connectivity index (χ0v) is 17.7. The number of nitrogens with zero attached hydrogens (tertiary/aromatic N) is 1. The molecule has 1 aliphatic heterocycles. The van der Waals surface area contributed by atoms with Crippen LogP contribution in [-0.4, -0.2) is 55.7 Å². The van der Waals surface area contributed by atoms with Crippen molar-refractivity contribution < 1.29 is 41.1 Å². The molecular weight excluding hydrogens is 453 g/mol. The smallest absolute Gasteiger partial charge is 0.457 e. The Morgan fingerprint density at radius 1 is 1.00 bits per heavy atom. The molecule has 1 saturated heterocycles. The van der Waals surface area contributed by atoms with E-state index in [9.17, 15) is 26.4 Å². The van der Waals surface area contributed by atoms with Crippen LogP contribution in [0.4, 0.5) is 13.2 Å². The summed E-state index contributed by atoms with van der Waals surface area (Å²) in [4.78, 5) is 14.1. The lowest BCUT2D eigenvalue weighted by Gasteiger charge is -2.38. The third kappa shape index (κ3) is 4.97. The molecule has 1 heterocycles. The summed E-state index contributed by atoms with van der Waals surface area (Å²) >= 11 is 0. The van der Waals surface area contributed by atoms with Gasteiger partial charge in [-0.3, -0.25) is 10.0 Å². The summed E-state index contributed by atoms with van der Waals surface area (Å²) in [6.07, 6.45) is -4.77. The van der Waals surface area contributed by atoms with Crippen LogP contribution in [-0.2, 0) is 14.6 Å². The number of nitrogens with one attached hydrogen (secondary N) is 1. The van der Waals surface area contributed by atoms with E-state index in [1.54, 1.807) is 7.05 Å². The van der Waals surface area contributed by atoms with Crippen molar-refractivity contribution in [2.45, 2.75) is 28.8 Å². The van der Waals surface area contributed by atoms with Crippen LogP contribution in [0.25, 0.3) is 0 Å². The molecule has 0 saturated carbocycles. The van der Waals surface area contributed by atoms with Crippen LogP contribution in [0.1, 0.15) is 12.8 Å². The Hall–Kier alpha value is -2.83. The minimum atomic E-state index is -4.80. The fraction of sp³-hybridized carbons (Fsp3) is 0.350. The quantitative estimate of drug-likeness (QED) is 0.490. The van der Waals surface area contributed by atoms with E-state index in [4.69, 9.17) is 9.94 Å². The molecule has 0 aliphatic carbocycles. The molecule has 0 atom stereocenters. The molecule has 0 aromatic heterocycles. The van der Waals surface area contributed by atoms with E-state index in [0.29, 0.717) is 13.1 Å². The van der Waals surface area contributed by atoms with E-state index in [-0.39, 0.29) is 29.2 Å². The molecule has 174 valence electrons. The maximum atomic E-state index is 13.3. The average Bonchev–Trinajstić information content (AvgIpc) is 2.74. The highest BCUT2D eigenvalue weighted by Crippen LogP contribution is 2.36. The highest BCUT2D eigenvalue weighted by Gasteiger charge is 2.52. The third-order valence-electron chi connectivity index (χ3n) is 5.25. The number of amides is 1.